The van der Waals surface area contributed by atoms with Gasteiger partial charge in [0.05, 0.1) is 16.5 Å². The van der Waals surface area contributed by atoms with Gasteiger partial charge in [0.1, 0.15) is 6.61 Å². The second kappa shape index (κ2) is 6.82. The fourth-order valence-electron chi connectivity index (χ4n) is 1.68. The molecule has 2 rings (SSSR count). The molecule has 0 aliphatic carbocycles. The van der Waals surface area contributed by atoms with Crippen LogP contribution >= 0.6 is 27.7 Å². The first-order valence-corrected chi connectivity index (χ1v) is 7.55. The Morgan fingerprint density at radius 3 is 2.86 bits per heavy atom. The number of carbonyl (C=O) groups excluding carboxylic acids is 1. The number of nitrogens with two attached hydrogens (primary N) is 1. The van der Waals surface area contributed by atoms with Crippen LogP contribution in [0.25, 0.3) is 6.08 Å². The number of carbonyl (C=O) groups is 1. The molecule has 1 amide bonds. The quantitative estimate of drug-likeness (QED) is 0.638. The second-order valence-electron chi connectivity index (χ2n) is 4.00. The van der Waals surface area contributed by atoms with Crippen molar-refractivity contribution in [1.29, 1.82) is 0 Å². The van der Waals surface area contributed by atoms with Crippen LogP contribution in [-0.4, -0.2) is 24.8 Å². The summed E-state index contributed by atoms with van der Waals surface area (Å²) in [5, 5.41) is 0.253. The normalized spacial score (nSPS) is 16.0. The molecule has 2 N–H and O–H groups in total. The minimum atomic E-state index is -0.334. The lowest BCUT2D eigenvalue weighted by Crippen LogP contribution is -2.01. The summed E-state index contributed by atoms with van der Waals surface area (Å²) in [5.41, 5.74) is 6.30. The molecule has 0 unspecified atom stereocenters. The van der Waals surface area contributed by atoms with Crippen LogP contribution in [0.2, 0.25) is 0 Å². The standard InChI is InChI=1S/C14H13BrN2O3S/c1-3-4-20-12-9(15)5-8(6-10(12)19-2)7-11-13(18)17-14(16)21-11/h3,5-7H,1,4H2,2H3,(H2,16,17,18)/b11-7-. The van der Waals surface area contributed by atoms with Crippen molar-refractivity contribution in [2.45, 2.75) is 0 Å². The minimum absolute atomic E-state index is 0.253. The van der Waals surface area contributed by atoms with Crippen LogP contribution in [-0.2, 0) is 4.79 Å². The Morgan fingerprint density at radius 1 is 1.52 bits per heavy atom. The monoisotopic (exact) mass is 368 g/mol. The number of benzene rings is 1. The van der Waals surface area contributed by atoms with Gasteiger partial charge >= 0.3 is 0 Å². The zero-order chi connectivity index (χ0) is 15.4. The predicted molar refractivity (Wildman–Crippen MR) is 88.6 cm³/mol. The molecule has 0 fully saturated rings. The van der Waals surface area contributed by atoms with Gasteiger partial charge in [-0.1, -0.05) is 12.7 Å². The van der Waals surface area contributed by atoms with E-state index in [0.29, 0.717) is 23.0 Å². The van der Waals surface area contributed by atoms with Gasteiger partial charge in [-0.25, -0.2) is 0 Å². The molecule has 0 spiro atoms. The van der Waals surface area contributed by atoms with E-state index in [1.54, 1.807) is 25.3 Å². The number of nitrogens with zero attached hydrogens (tertiary/aromatic N) is 1. The molecule has 1 aliphatic rings. The van der Waals surface area contributed by atoms with Gasteiger partial charge in [0.25, 0.3) is 5.91 Å². The van der Waals surface area contributed by atoms with Crippen molar-refractivity contribution in [3.8, 4) is 11.5 Å². The minimum Gasteiger partial charge on any atom is -0.493 e. The van der Waals surface area contributed by atoms with E-state index < -0.39 is 0 Å². The van der Waals surface area contributed by atoms with Crippen LogP contribution in [0.1, 0.15) is 5.56 Å². The third-order valence-electron chi connectivity index (χ3n) is 2.53. The number of hydrogen-bond donors (Lipinski definition) is 1. The van der Waals surface area contributed by atoms with E-state index in [2.05, 4.69) is 27.5 Å². The summed E-state index contributed by atoms with van der Waals surface area (Å²) in [6.07, 6.45) is 3.36. The summed E-state index contributed by atoms with van der Waals surface area (Å²) >= 11 is 4.58. The largest absolute Gasteiger partial charge is 0.493 e. The lowest BCUT2D eigenvalue weighted by Gasteiger charge is -2.12. The Kier molecular flexibility index (Phi) is 5.08. The van der Waals surface area contributed by atoms with Gasteiger partial charge < -0.3 is 15.2 Å². The van der Waals surface area contributed by atoms with Crippen LogP contribution in [0, 0.1) is 0 Å². The molecule has 1 aliphatic heterocycles. The van der Waals surface area contributed by atoms with Crippen LogP contribution in [0.5, 0.6) is 11.5 Å². The first-order chi connectivity index (χ1) is 10.0. The molecule has 0 aromatic heterocycles. The number of amides is 1. The van der Waals surface area contributed by atoms with Crippen LogP contribution in [0.15, 0.2) is 39.2 Å². The third-order valence-corrected chi connectivity index (χ3v) is 3.93. The van der Waals surface area contributed by atoms with Crippen LogP contribution in [0.4, 0.5) is 0 Å². The number of aliphatic imine (C=N–C) groups is 1. The number of thioether (sulfide) groups is 1. The molecular weight excluding hydrogens is 356 g/mol. The molecule has 1 heterocycles. The first kappa shape index (κ1) is 15.7. The molecular formula is C14H13BrN2O3S. The maximum absolute atomic E-state index is 11.6. The van der Waals surface area contributed by atoms with Gasteiger partial charge in [-0.2, -0.15) is 4.99 Å². The van der Waals surface area contributed by atoms with Gasteiger partial charge in [-0.3, -0.25) is 4.79 Å². The third kappa shape index (κ3) is 3.68. The molecule has 21 heavy (non-hydrogen) atoms. The number of methoxy groups -OCH3 is 1. The van der Waals surface area contributed by atoms with E-state index in [-0.39, 0.29) is 11.1 Å². The molecule has 7 heteroatoms. The first-order valence-electron chi connectivity index (χ1n) is 5.94. The number of halogens is 1. The van der Waals surface area contributed by atoms with E-state index in [1.165, 1.54) is 0 Å². The smallest absolute Gasteiger partial charge is 0.286 e. The maximum atomic E-state index is 11.6. The average Bonchev–Trinajstić information content (AvgIpc) is 2.75. The highest BCUT2D eigenvalue weighted by Crippen LogP contribution is 2.38. The lowest BCUT2D eigenvalue weighted by molar-refractivity contribution is -0.113. The maximum Gasteiger partial charge on any atom is 0.286 e. The van der Waals surface area contributed by atoms with Gasteiger partial charge in [0.15, 0.2) is 16.7 Å². The highest BCUT2D eigenvalue weighted by molar-refractivity contribution is 9.10. The van der Waals surface area contributed by atoms with Crippen molar-refractivity contribution in [2.24, 2.45) is 10.7 Å². The highest BCUT2D eigenvalue weighted by atomic mass is 79.9. The predicted octanol–water partition coefficient (Wildman–Crippen LogP) is 2.95. The van der Waals surface area contributed by atoms with Crippen molar-refractivity contribution >= 4 is 44.8 Å². The van der Waals surface area contributed by atoms with Gasteiger partial charge in [0, 0.05) is 0 Å². The van der Waals surface area contributed by atoms with E-state index in [1.807, 2.05) is 6.07 Å². The van der Waals surface area contributed by atoms with Crippen molar-refractivity contribution < 1.29 is 14.3 Å². The summed E-state index contributed by atoms with van der Waals surface area (Å²) in [7, 11) is 1.55. The van der Waals surface area contributed by atoms with E-state index in [0.717, 1.165) is 21.8 Å². The Bertz CT molecular complexity index is 656. The SMILES string of the molecule is C=CCOc1c(Br)cc(/C=C2\SC(N)=NC2=O)cc1OC. The molecule has 1 aromatic rings. The topological polar surface area (TPSA) is 73.9 Å². The number of rotatable bonds is 5. The van der Waals surface area contributed by atoms with Crippen molar-refractivity contribution in [1.82, 2.24) is 0 Å². The van der Waals surface area contributed by atoms with Gasteiger partial charge in [0.2, 0.25) is 0 Å². The van der Waals surface area contributed by atoms with E-state index >= 15 is 0 Å². The van der Waals surface area contributed by atoms with Crippen molar-refractivity contribution in [3.05, 3.63) is 39.7 Å². The summed E-state index contributed by atoms with van der Waals surface area (Å²) in [4.78, 5) is 15.7. The highest BCUT2D eigenvalue weighted by Gasteiger charge is 2.20. The van der Waals surface area contributed by atoms with Crippen molar-refractivity contribution in [3.63, 3.8) is 0 Å². The lowest BCUT2D eigenvalue weighted by atomic mass is 10.2. The molecule has 0 radical (unpaired) electrons. The zero-order valence-electron chi connectivity index (χ0n) is 11.3. The summed E-state index contributed by atoms with van der Waals surface area (Å²) in [6.45, 7) is 3.98. The second-order valence-corrected chi connectivity index (χ2v) is 5.92. The Morgan fingerprint density at radius 2 is 2.29 bits per heavy atom. The molecule has 0 saturated heterocycles. The fourth-order valence-corrected chi connectivity index (χ4v) is 2.94. The number of ether oxygens (including phenoxy) is 2. The summed E-state index contributed by atoms with van der Waals surface area (Å²) < 4.78 is 11.6. The van der Waals surface area contributed by atoms with Crippen LogP contribution in [0.3, 0.4) is 0 Å². The molecule has 110 valence electrons. The van der Waals surface area contributed by atoms with Crippen molar-refractivity contribution in [2.75, 3.05) is 13.7 Å². The molecule has 1 aromatic carbocycles. The summed E-state index contributed by atoms with van der Waals surface area (Å²) in [6, 6.07) is 3.61. The Labute approximate surface area is 135 Å². The van der Waals surface area contributed by atoms with Gasteiger partial charge in [-0.05, 0) is 51.5 Å². The fraction of sp³-hybridized carbons (Fsp3) is 0.143. The number of amidine groups is 1. The Balaban J connectivity index is 2.34. The summed E-state index contributed by atoms with van der Waals surface area (Å²) in [5.74, 6) is 0.808. The Hall–Kier alpha value is -1.73. The molecule has 0 atom stereocenters. The molecule has 0 bridgehead atoms. The number of hydrogen-bond acceptors (Lipinski definition) is 5. The van der Waals surface area contributed by atoms with Crippen LogP contribution < -0.4 is 15.2 Å². The average molecular weight is 369 g/mol. The van der Waals surface area contributed by atoms with E-state index in [9.17, 15) is 4.79 Å². The zero-order valence-corrected chi connectivity index (χ0v) is 13.7. The molecule has 0 saturated carbocycles. The molecule has 5 nitrogen and oxygen atoms in total. The van der Waals surface area contributed by atoms with E-state index in [4.69, 9.17) is 15.2 Å². The van der Waals surface area contributed by atoms with Gasteiger partial charge in [-0.15, -0.1) is 0 Å².